The van der Waals surface area contributed by atoms with Crippen molar-refractivity contribution in [3.63, 3.8) is 0 Å². The van der Waals surface area contributed by atoms with Crippen molar-refractivity contribution in [1.29, 1.82) is 0 Å². The van der Waals surface area contributed by atoms with Gasteiger partial charge in [-0.2, -0.15) is 0 Å². The highest BCUT2D eigenvalue weighted by molar-refractivity contribution is 8.08. The van der Waals surface area contributed by atoms with Gasteiger partial charge in [-0.05, 0) is 19.4 Å². The second kappa shape index (κ2) is 6.17. The second-order valence-corrected chi connectivity index (χ2v) is 5.23. The van der Waals surface area contributed by atoms with Crippen LogP contribution in [0, 0.1) is 16.0 Å². The summed E-state index contributed by atoms with van der Waals surface area (Å²) in [6, 6.07) is 0. The summed E-state index contributed by atoms with van der Waals surface area (Å²) in [4.78, 5) is 9.93. The molecule has 0 spiro atoms. The van der Waals surface area contributed by atoms with Gasteiger partial charge in [-0.15, -0.1) is 0 Å². The number of nitrogens with zero attached hydrogens (tertiary/aromatic N) is 1. The van der Waals surface area contributed by atoms with E-state index >= 15 is 0 Å². The average molecular weight is 222 g/mol. The van der Waals surface area contributed by atoms with Crippen LogP contribution in [0.5, 0.6) is 0 Å². The van der Waals surface area contributed by atoms with E-state index in [9.17, 15) is 14.7 Å². The van der Waals surface area contributed by atoms with Crippen LogP contribution in [0.25, 0.3) is 0 Å². The number of hydrogen-bond acceptors (Lipinski definition) is 3. The fraction of sp³-hybridized carbons (Fsp3) is 0.714. The predicted molar refractivity (Wildman–Crippen MR) is 56.7 cm³/mol. The summed E-state index contributed by atoms with van der Waals surface area (Å²) < 4.78 is 11.2. The normalized spacial score (nSPS) is 15.3. The highest BCUT2D eigenvalue weighted by Crippen LogP contribution is 2.45. The Bertz CT molecular complexity index is 240. The Balaban J connectivity index is 4.54. The van der Waals surface area contributed by atoms with E-state index in [0.29, 0.717) is 11.7 Å². The van der Waals surface area contributed by atoms with Gasteiger partial charge in [0.25, 0.3) is 0 Å². The van der Waals surface area contributed by atoms with Gasteiger partial charge >= 0.3 is 7.49 Å². The van der Waals surface area contributed by atoms with E-state index in [2.05, 4.69) is 8.93 Å². The summed E-state index contributed by atoms with van der Waals surface area (Å²) in [6.07, 6.45) is 2.36. The monoisotopic (exact) mass is 222 g/mol. The average Bonchev–Trinajstić information content (AvgIpc) is 2.02. The zero-order valence-corrected chi connectivity index (χ0v) is 9.81. The molecular weight excluding hydrogens is 208 g/mol. The molecule has 4 nitrogen and oxygen atoms in total. The van der Waals surface area contributed by atoms with Crippen LogP contribution >= 0.6 is 16.4 Å². The first-order valence-corrected chi connectivity index (χ1v) is 6.90. The van der Waals surface area contributed by atoms with Crippen LogP contribution in [-0.2, 0) is 4.57 Å². The Kier molecular flexibility index (Phi) is 6.02. The summed E-state index contributed by atoms with van der Waals surface area (Å²) in [5.41, 5.74) is 0. The van der Waals surface area contributed by atoms with E-state index in [1.807, 2.05) is 6.92 Å². The van der Waals surface area contributed by atoms with E-state index in [4.69, 9.17) is 0 Å². The summed E-state index contributed by atoms with van der Waals surface area (Å²) in [5, 5.41) is 11.0. The zero-order chi connectivity index (χ0) is 10.4. The Hall–Kier alpha value is -0.330. The molecule has 2 unspecified atom stereocenters. The molecule has 0 aliphatic heterocycles. The molecule has 0 aromatic rings. The molecule has 0 N–H and O–H groups in total. The van der Waals surface area contributed by atoms with Gasteiger partial charge in [-0.25, -0.2) is 0 Å². The van der Waals surface area contributed by atoms with Crippen molar-refractivity contribution in [2.24, 2.45) is 5.92 Å². The van der Waals surface area contributed by atoms with Crippen LogP contribution in [0.1, 0.15) is 20.3 Å². The molecule has 0 saturated carbocycles. The molecule has 0 fully saturated rings. The lowest BCUT2D eigenvalue weighted by atomic mass is 10.1. The maximum absolute atomic E-state index is 11.2. The second-order valence-electron chi connectivity index (χ2n) is 2.66. The first-order valence-electron chi connectivity index (χ1n) is 4.02. The summed E-state index contributed by atoms with van der Waals surface area (Å²) >= 11 is 0. The molecule has 6 heteroatoms. The van der Waals surface area contributed by atoms with Gasteiger partial charge in [0.05, 0.1) is 5.92 Å². The summed E-state index contributed by atoms with van der Waals surface area (Å²) in [5.74, 6) is -0.193. The van der Waals surface area contributed by atoms with Crippen LogP contribution < -0.4 is 0 Å². The molecule has 0 amide bonds. The third kappa shape index (κ3) is 4.44. The molecule has 0 rings (SSSR count). The minimum atomic E-state index is -1.52. The van der Waals surface area contributed by atoms with Gasteiger partial charge in [0.2, 0.25) is 6.54 Å². The Labute approximate surface area is 80.8 Å². The minimum absolute atomic E-state index is 0.133. The molecule has 74 valence electrons. The highest BCUT2D eigenvalue weighted by atomic mass is 32.0. The molecule has 0 bridgehead atoms. The highest BCUT2D eigenvalue weighted by Gasteiger charge is 2.29. The summed E-state index contributed by atoms with van der Waals surface area (Å²) in [7, 11) is 0.679. The van der Waals surface area contributed by atoms with Crippen molar-refractivity contribution in [2.75, 3.05) is 6.54 Å². The maximum Gasteiger partial charge on any atom is 0.382 e. The molecule has 0 aliphatic rings. The van der Waals surface area contributed by atoms with Gasteiger partial charge in [0.15, 0.2) is 5.31 Å². The Morgan fingerprint density at radius 1 is 1.77 bits per heavy atom. The molecule has 0 saturated heterocycles. The van der Waals surface area contributed by atoms with Gasteiger partial charge in [-0.1, -0.05) is 11.5 Å². The van der Waals surface area contributed by atoms with E-state index in [1.54, 1.807) is 13.0 Å². The van der Waals surface area contributed by atoms with Gasteiger partial charge in [-0.3, -0.25) is 10.1 Å². The lowest BCUT2D eigenvalue weighted by Crippen LogP contribution is -2.14. The molecule has 3 atom stereocenters. The lowest BCUT2D eigenvalue weighted by molar-refractivity contribution is -0.486. The molecule has 0 heterocycles. The third-order valence-corrected chi connectivity index (χ3v) is 3.86. The van der Waals surface area contributed by atoms with Gasteiger partial charge in [0.1, 0.15) is 8.93 Å². The number of rotatable bonds is 5. The first-order chi connectivity index (χ1) is 6.02. The van der Waals surface area contributed by atoms with Gasteiger partial charge < -0.3 is 0 Å². The standard InChI is InChI=1S/C7H14NO3P2/c1-3-6(5-8(9)10)7(4-2)13(11)12/h4,6H,3,5,12H2,1-2H3/q+1/t6-/m1/s1. The molecule has 0 aromatic heterocycles. The molecule has 0 aromatic carbocycles. The van der Waals surface area contributed by atoms with Crippen LogP contribution in [0.3, 0.4) is 0 Å². The van der Waals surface area contributed by atoms with Crippen molar-refractivity contribution in [3.8, 4) is 0 Å². The van der Waals surface area contributed by atoms with E-state index < -0.39 is 7.49 Å². The van der Waals surface area contributed by atoms with E-state index in [0.717, 1.165) is 0 Å². The SMILES string of the molecule is CC=C([C@H](CC)C[N+](=O)[O-])[P+](=O)P. The maximum atomic E-state index is 11.2. The predicted octanol–water partition coefficient (Wildman–Crippen LogP) is 2.81. The number of hydrogen-bond donors (Lipinski definition) is 0. The molecular formula is C7H14NO3P2+. The van der Waals surface area contributed by atoms with Crippen molar-refractivity contribution < 1.29 is 9.49 Å². The van der Waals surface area contributed by atoms with Crippen LogP contribution in [0.4, 0.5) is 0 Å². The largest absolute Gasteiger partial charge is 0.382 e. The van der Waals surface area contributed by atoms with Crippen LogP contribution in [-0.4, -0.2) is 11.5 Å². The fourth-order valence-electron chi connectivity index (χ4n) is 1.15. The topological polar surface area (TPSA) is 60.2 Å². The molecule has 13 heavy (non-hydrogen) atoms. The Morgan fingerprint density at radius 3 is 2.54 bits per heavy atom. The zero-order valence-electron chi connectivity index (χ0n) is 7.77. The third-order valence-electron chi connectivity index (χ3n) is 1.83. The number of nitro groups is 1. The van der Waals surface area contributed by atoms with Crippen molar-refractivity contribution >= 4 is 16.4 Å². The van der Waals surface area contributed by atoms with Crippen molar-refractivity contribution in [2.45, 2.75) is 20.3 Å². The van der Waals surface area contributed by atoms with Crippen molar-refractivity contribution in [1.82, 2.24) is 0 Å². The van der Waals surface area contributed by atoms with Crippen LogP contribution in [0.2, 0.25) is 0 Å². The minimum Gasteiger partial charge on any atom is -0.265 e. The van der Waals surface area contributed by atoms with Gasteiger partial charge in [0, 0.05) is 4.92 Å². The van der Waals surface area contributed by atoms with Crippen molar-refractivity contribution in [3.05, 3.63) is 21.5 Å². The molecule has 0 aliphatic carbocycles. The quantitative estimate of drug-likeness (QED) is 0.408. The Morgan fingerprint density at radius 2 is 2.31 bits per heavy atom. The number of allylic oxidation sites excluding steroid dienone is 1. The fourth-order valence-corrected chi connectivity index (χ4v) is 3.11. The van der Waals surface area contributed by atoms with E-state index in [1.165, 1.54) is 0 Å². The smallest absolute Gasteiger partial charge is 0.265 e. The van der Waals surface area contributed by atoms with E-state index in [-0.39, 0.29) is 17.4 Å². The molecule has 0 radical (unpaired) electrons. The summed E-state index contributed by atoms with van der Waals surface area (Å²) in [6.45, 7) is 3.49. The van der Waals surface area contributed by atoms with Crippen LogP contribution in [0.15, 0.2) is 11.4 Å². The lowest BCUT2D eigenvalue weighted by Gasteiger charge is -2.04. The first kappa shape index (κ1) is 12.7.